The molecule has 1 atom stereocenters. The van der Waals surface area contributed by atoms with Crippen LogP contribution in [0.15, 0.2) is 63.6 Å². The third-order valence-corrected chi connectivity index (χ3v) is 6.47. The average Bonchev–Trinajstić information content (AvgIpc) is 3.62. The van der Waals surface area contributed by atoms with Crippen molar-refractivity contribution in [3.8, 4) is 0 Å². The summed E-state index contributed by atoms with van der Waals surface area (Å²) in [6.45, 7) is 1.86. The second kappa shape index (κ2) is 10.2. The number of hydrogen-bond donors (Lipinski definition) is 1. The number of benzene rings is 1. The zero-order valence-electron chi connectivity index (χ0n) is 19.7. The molecule has 0 radical (unpaired) electrons. The van der Waals surface area contributed by atoms with Crippen LogP contribution in [-0.4, -0.2) is 37.7 Å². The van der Waals surface area contributed by atoms with Crippen LogP contribution in [0.3, 0.4) is 0 Å². The number of amides is 2. The van der Waals surface area contributed by atoms with E-state index in [-0.39, 0.29) is 30.9 Å². The van der Waals surface area contributed by atoms with Gasteiger partial charge < -0.3 is 19.1 Å². The van der Waals surface area contributed by atoms with E-state index in [0.717, 1.165) is 31.2 Å². The van der Waals surface area contributed by atoms with Crippen LogP contribution in [0.1, 0.15) is 55.4 Å². The molecule has 35 heavy (non-hydrogen) atoms. The Morgan fingerprint density at radius 2 is 1.94 bits per heavy atom. The molecule has 5 rings (SSSR count). The normalized spacial score (nSPS) is 15.2. The molecule has 4 aromatic rings. The van der Waals surface area contributed by atoms with Crippen molar-refractivity contribution in [2.75, 3.05) is 0 Å². The molecule has 0 spiro atoms. The van der Waals surface area contributed by atoms with Crippen LogP contribution in [0.5, 0.6) is 0 Å². The summed E-state index contributed by atoms with van der Waals surface area (Å²) in [7, 11) is 0. The van der Waals surface area contributed by atoms with Gasteiger partial charge in [-0.1, -0.05) is 36.6 Å². The van der Waals surface area contributed by atoms with Crippen molar-refractivity contribution in [3.63, 3.8) is 0 Å². The van der Waals surface area contributed by atoms with Crippen LogP contribution in [0.2, 0.25) is 0 Å². The largest absolute Gasteiger partial charge is 0.467 e. The van der Waals surface area contributed by atoms with Gasteiger partial charge in [-0.15, -0.1) is 5.10 Å². The maximum atomic E-state index is 13.8. The summed E-state index contributed by atoms with van der Waals surface area (Å²) in [5.74, 6) is 1.10. The second-order valence-corrected chi connectivity index (χ2v) is 9.03. The molecule has 0 saturated heterocycles. The summed E-state index contributed by atoms with van der Waals surface area (Å²) in [5, 5.41) is 11.5. The van der Waals surface area contributed by atoms with Crippen LogP contribution in [0.25, 0.3) is 11.0 Å². The highest BCUT2D eigenvalue weighted by Gasteiger charge is 2.36. The molecule has 0 aliphatic heterocycles. The molecule has 1 aliphatic rings. The first kappa shape index (κ1) is 22.9. The van der Waals surface area contributed by atoms with Crippen molar-refractivity contribution in [3.05, 3.63) is 72.1 Å². The maximum Gasteiger partial charge on any atom is 0.250 e. The van der Waals surface area contributed by atoms with E-state index in [1.54, 1.807) is 35.2 Å². The number of para-hydroxylation sites is 1. The lowest BCUT2D eigenvalue weighted by Crippen LogP contribution is -2.47. The van der Waals surface area contributed by atoms with Gasteiger partial charge in [-0.2, -0.15) is 0 Å². The van der Waals surface area contributed by atoms with E-state index in [1.807, 2.05) is 31.2 Å². The van der Waals surface area contributed by atoms with Gasteiger partial charge in [0.15, 0.2) is 6.04 Å². The molecule has 1 N–H and O–H groups in total. The molecule has 0 bridgehead atoms. The number of nitrogens with one attached hydrogen (secondary N) is 1. The molecule has 1 saturated carbocycles. The molecule has 3 aromatic heterocycles. The van der Waals surface area contributed by atoms with Crippen LogP contribution < -0.4 is 5.32 Å². The minimum atomic E-state index is -0.946. The van der Waals surface area contributed by atoms with E-state index in [4.69, 9.17) is 8.83 Å². The lowest BCUT2D eigenvalue weighted by molar-refractivity contribution is -0.143. The Morgan fingerprint density at radius 1 is 1.11 bits per heavy atom. The van der Waals surface area contributed by atoms with Gasteiger partial charge in [-0.3, -0.25) is 9.59 Å². The minimum absolute atomic E-state index is 0.0753. The number of hydrogen-bond acceptors (Lipinski definition) is 6. The first-order chi connectivity index (χ1) is 17.1. The molecule has 9 nitrogen and oxygen atoms in total. The van der Waals surface area contributed by atoms with Gasteiger partial charge in [0, 0.05) is 6.04 Å². The molecule has 9 heteroatoms. The molecule has 3 heterocycles. The molecule has 0 unspecified atom stereocenters. The number of aryl methyl sites for hydroxylation is 1. The van der Waals surface area contributed by atoms with Crippen LogP contribution in [0, 0.1) is 6.92 Å². The maximum absolute atomic E-state index is 13.8. The zero-order chi connectivity index (χ0) is 24.2. The Bertz CT molecular complexity index is 1290. The summed E-state index contributed by atoms with van der Waals surface area (Å²) in [5.41, 5.74) is 1.45. The number of rotatable bonds is 8. The van der Waals surface area contributed by atoms with E-state index in [9.17, 15) is 9.59 Å². The Morgan fingerprint density at radius 3 is 2.69 bits per heavy atom. The number of nitrogens with zero attached hydrogens (tertiary/aromatic N) is 4. The summed E-state index contributed by atoms with van der Waals surface area (Å²) < 4.78 is 13.0. The summed E-state index contributed by atoms with van der Waals surface area (Å²) >= 11 is 0. The van der Waals surface area contributed by atoms with E-state index >= 15 is 0 Å². The lowest BCUT2D eigenvalue weighted by Gasteiger charge is -2.31. The minimum Gasteiger partial charge on any atom is -0.467 e. The molecule has 1 aliphatic carbocycles. The zero-order valence-corrected chi connectivity index (χ0v) is 19.7. The van der Waals surface area contributed by atoms with Gasteiger partial charge in [0.05, 0.1) is 18.3 Å². The predicted octanol–water partition coefficient (Wildman–Crippen LogP) is 4.14. The predicted molar refractivity (Wildman–Crippen MR) is 128 cm³/mol. The number of aromatic nitrogens is 3. The number of fused-ring (bicyclic) bond motifs is 1. The Labute approximate surface area is 203 Å². The van der Waals surface area contributed by atoms with Crippen molar-refractivity contribution in [1.29, 1.82) is 0 Å². The van der Waals surface area contributed by atoms with Crippen molar-refractivity contribution in [1.82, 2.24) is 25.2 Å². The second-order valence-electron chi connectivity index (χ2n) is 9.03. The Hall–Kier alpha value is -3.88. The summed E-state index contributed by atoms with van der Waals surface area (Å²) in [6, 6.07) is 13.7. The fourth-order valence-electron chi connectivity index (χ4n) is 4.70. The van der Waals surface area contributed by atoms with E-state index < -0.39 is 6.04 Å². The van der Waals surface area contributed by atoms with E-state index in [1.165, 1.54) is 11.3 Å². The molecule has 1 fully saturated rings. The quantitative estimate of drug-likeness (QED) is 0.410. The van der Waals surface area contributed by atoms with Gasteiger partial charge in [0.1, 0.15) is 29.3 Å². The number of carbonyl (C=O) groups excluding carboxylic acids is 2. The highest BCUT2D eigenvalue weighted by atomic mass is 16.3. The number of furan rings is 2. The SMILES string of the molecule is Cc1ccc([C@@H](C(=O)NC2CCCCC2)N(Cc2ccco2)C(=O)Cn2nnc3ccccc32)o1. The summed E-state index contributed by atoms with van der Waals surface area (Å²) in [6.07, 6.45) is 6.78. The molecular weight excluding hydrogens is 446 g/mol. The summed E-state index contributed by atoms with van der Waals surface area (Å²) in [4.78, 5) is 29.0. The first-order valence-electron chi connectivity index (χ1n) is 12.1. The first-order valence-corrected chi connectivity index (χ1v) is 12.1. The third kappa shape index (κ3) is 5.13. The molecule has 182 valence electrons. The van der Waals surface area contributed by atoms with Crippen molar-refractivity contribution in [2.24, 2.45) is 0 Å². The van der Waals surface area contributed by atoms with Gasteiger partial charge in [-0.05, 0) is 56.2 Å². The highest BCUT2D eigenvalue weighted by Crippen LogP contribution is 2.28. The molecule has 2 amide bonds. The van der Waals surface area contributed by atoms with Crippen molar-refractivity contribution >= 4 is 22.8 Å². The monoisotopic (exact) mass is 475 g/mol. The number of carbonyl (C=O) groups is 2. The van der Waals surface area contributed by atoms with E-state index in [0.29, 0.717) is 22.8 Å². The fraction of sp³-hybridized carbons (Fsp3) is 0.385. The smallest absolute Gasteiger partial charge is 0.250 e. The van der Waals surface area contributed by atoms with Crippen LogP contribution >= 0.6 is 0 Å². The molecule has 1 aromatic carbocycles. The van der Waals surface area contributed by atoms with E-state index in [2.05, 4.69) is 15.6 Å². The van der Waals surface area contributed by atoms with Crippen molar-refractivity contribution < 1.29 is 18.4 Å². The van der Waals surface area contributed by atoms with Gasteiger partial charge >= 0.3 is 0 Å². The lowest BCUT2D eigenvalue weighted by atomic mass is 9.95. The van der Waals surface area contributed by atoms with Crippen molar-refractivity contribution in [2.45, 2.75) is 64.2 Å². The standard InChI is InChI=1S/C26H29N5O4/c1-18-13-14-23(35-18)25(26(33)27-19-8-3-2-4-9-19)30(16-20-10-7-15-34-20)24(32)17-31-22-12-6-5-11-21(22)28-29-31/h5-7,10-15,19,25H,2-4,8-9,16-17H2,1H3,(H,27,33)/t25-/m0/s1. The van der Waals surface area contributed by atoms with Gasteiger partial charge in [0.2, 0.25) is 5.91 Å². The average molecular weight is 476 g/mol. The Kier molecular flexibility index (Phi) is 6.65. The molecular formula is C26H29N5O4. The fourth-order valence-corrected chi connectivity index (χ4v) is 4.70. The van der Waals surface area contributed by atoms with Crippen LogP contribution in [-0.2, 0) is 22.7 Å². The van der Waals surface area contributed by atoms with Gasteiger partial charge in [-0.25, -0.2) is 4.68 Å². The highest BCUT2D eigenvalue weighted by molar-refractivity contribution is 5.89. The van der Waals surface area contributed by atoms with Crippen LogP contribution in [0.4, 0.5) is 0 Å². The Balaban J connectivity index is 1.48. The van der Waals surface area contributed by atoms with Gasteiger partial charge in [0.25, 0.3) is 5.91 Å². The third-order valence-electron chi connectivity index (χ3n) is 6.47. The topological polar surface area (TPSA) is 106 Å².